The number of nitrogens with zero attached hydrogens (tertiary/aromatic N) is 2. The molecule has 3 nitrogen and oxygen atoms in total. The van der Waals surface area contributed by atoms with Crippen LogP contribution in [0, 0.1) is 17.6 Å². The fourth-order valence-corrected chi connectivity index (χ4v) is 6.34. The molecule has 1 aliphatic carbocycles. The van der Waals surface area contributed by atoms with Crippen LogP contribution in [-0.4, -0.2) is 9.97 Å². The van der Waals surface area contributed by atoms with Crippen LogP contribution in [0.25, 0.3) is 20.4 Å². The van der Waals surface area contributed by atoms with Gasteiger partial charge in [-0.2, -0.15) is 0 Å². The van der Waals surface area contributed by atoms with Crippen molar-refractivity contribution >= 4 is 54.5 Å². The molecule has 0 spiro atoms. The normalized spacial score (nSPS) is 20.2. The molecule has 0 aliphatic heterocycles. The lowest BCUT2D eigenvalue weighted by molar-refractivity contribution is 0.440. The second-order valence-corrected chi connectivity index (χ2v) is 9.77. The molecule has 4 aromatic rings. The number of pyridine rings is 1. The maximum absolute atomic E-state index is 14.9. The van der Waals surface area contributed by atoms with Crippen LogP contribution >= 0.6 is 22.7 Å². The van der Waals surface area contributed by atoms with Gasteiger partial charge in [0.1, 0.15) is 16.0 Å². The minimum absolute atomic E-state index is 0.161. The number of thiophene rings is 1. The summed E-state index contributed by atoms with van der Waals surface area (Å²) in [5.41, 5.74) is 2.24. The molecule has 7 heteroatoms. The first kappa shape index (κ1) is 18.9. The van der Waals surface area contributed by atoms with E-state index in [0.29, 0.717) is 22.2 Å². The third-order valence-electron chi connectivity index (χ3n) is 5.96. The molecule has 0 unspecified atom stereocenters. The molecule has 3 aromatic heterocycles. The largest absolute Gasteiger partial charge is 0.350 e. The Morgan fingerprint density at radius 3 is 2.86 bits per heavy atom. The van der Waals surface area contributed by atoms with Crippen LogP contribution in [0.3, 0.4) is 0 Å². The van der Waals surface area contributed by atoms with Crippen molar-refractivity contribution in [3.8, 4) is 0 Å². The predicted molar refractivity (Wildman–Crippen MR) is 117 cm³/mol. The molecule has 150 valence electrons. The summed E-state index contributed by atoms with van der Waals surface area (Å²) in [7, 11) is 0. The minimum Gasteiger partial charge on any atom is -0.350 e. The maximum Gasteiger partial charge on any atom is 0.176 e. The summed E-state index contributed by atoms with van der Waals surface area (Å²) in [4.78, 5) is 10.8. The molecule has 3 heterocycles. The second kappa shape index (κ2) is 7.61. The summed E-state index contributed by atoms with van der Waals surface area (Å²) in [6.07, 6.45) is 7.99. The molecular weight excluding hydrogens is 408 g/mol. The van der Waals surface area contributed by atoms with E-state index in [1.165, 1.54) is 59.9 Å². The van der Waals surface area contributed by atoms with Crippen molar-refractivity contribution < 1.29 is 8.78 Å². The Morgan fingerprint density at radius 2 is 1.97 bits per heavy atom. The third kappa shape index (κ3) is 3.40. The van der Waals surface area contributed by atoms with Crippen LogP contribution in [0.4, 0.5) is 20.2 Å². The van der Waals surface area contributed by atoms with Crippen LogP contribution in [0.15, 0.2) is 29.9 Å². The smallest absolute Gasteiger partial charge is 0.176 e. The van der Waals surface area contributed by atoms with E-state index in [0.717, 1.165) is 10.2 Å². The van der Waals surface area contributed by atoms with Crippen LogP contribution in [-0.2, 0) is 0 Å². The molecule has 5 rings (SSSR count). The Kier molecular flexibility index (Phi) is 4.95. The number of halogens is 2. The molecular formula is C22H21F2N3S2. The van der Waals surface area contributed by atoms with Crippen molar-refractivity contribution in [2.24, 2.45) is 5.92 Å². The average molecular weight is 430 g/mol. The van der Waals surface area contributed by atoms with Gasteiger partial charge in [-0.1, -0.05) is 32.6 Å². The SMILES string of the molecule is C[C@@H]1CCCCC[C@H]1c1cc2c(Nc3c(F)cc4scnc4c3F)ccnc2s1. The number of nitrogens with one attached hydrogen (secondary N) is 1. The van der Waals surface area contributed by atoms with Crippen molar-refractivity contribution in [2.45, 2.75) is 44.9 Å². The van der Waals surface area contributed by atoms with Gasteiger partial charge in [-0.05, 0) is 36.5 Å². The molecule has 2 atom stereocenters. The van der Waals surface area contributed by atoms with Gasteiger partial charge in [-0.25, -0.2) is 18.7 Å². The predicted octanol–water partition coefficient (Wildman–Crippen LogP) is 7.61. The Bertz CT molecular complexity index is 1180. The van der Waals surface area contributed by atoms with Crippen LogP contribution < -0.4 is 5.32 Å². The van der Waals surface area contributed by atoms with Gasteiger partial charge in [0.05, 0.1) is 15.9 Å². The molecule has 0 amide bonds. The quantitative estimate of drug-likeness (QED) is 0.341. The van der Waals surface area contributed by atoms with Crippen LogP contribution in [0.5, 0.6) is 0 Å². The fourth-order valence-electron chi connectivity index (χ4n) is 4.35. The number of rotatable bonds is 3. The number of anilines is 2. The zero-order valence-corrected chi connectivity index (χ0v) is 17.7. The van der Waals surface area contributed by atoms with E-state index in [1.54, 1.807) is 23.6 Å². The molecule has 0 radical (unpaired) electrons. The third-order valence-corrected chi connectivity index (χ3v) is 7.91. The molecule has 1 fully saturated rings. The summed E-state index contributed by atoms with van der Waals surface area (Å²) in [5, 5.41) is 3.90. The Hall–Kier alpha value is -2.12. The lowest BCUT2D eigenvalue weighted by atomic mass is 9.88. The zero-order chi connectivity index (χ0) is 20.0. The molecule has 0 bridgehead atoms. The highest BCUT2D eigenvalue weighted by molar-refractivity contribution is 7.18. The highest BCUT2D eigenvalue weighted by atomic mass is 32.1. The van der Waals surface area contributed by atoms with E-state index in [9.17, 15) is 8.78 Å². The Balaban J connectivity index is 1.55. The van der Waals surface area contributed by atoms with Gasteiger partial charge in [0.2, 0.25) is 0 Å². The lowest BCUT2D eigenvalue weighted by Gasteiger charge is -2.19. The Labute approximate surface area is 175 Å². The molecule has 1 aromatic carbocycles. The highest BCUT2D eigenvalue weighted by Gasteiger charge is 2.24. The van der Waals surface area contributed by atoms with E-state index in [1.807, 2.05) is 0 Å². The van der Waals surface area contributed by atoms with E-state index in [-0.39, 0.29) is 11.2 Å². The maximum atomic E-state index is 14.9. The molecule has 1 N–H and O–H groups in total. The van der Waals surface area contributed by atoms with Gasteiger partial charge < -0.3 is 5.32 Å². The molecule has 1 saturated carbocycles. The van der Waals surface area contributed by atoms with Gasteiger partial charge in [0.15, 0.2) is 11.6 Å². The summed E-state index contributed by atoms with van der Waals surface area (Å²) >= 11 is 2.93. The Morgan fingerprint density at radius 1 is 1.10 bits per heavy atom. The van der Waals surface area contributed by atoms with Crippen molar-refractivity contribution in [1.29, 1.82) is 0 Å². The van der Waals surface area contributed by atoms with Gasteiger partial charge in [0.25, 0.3) is 0 Å². The van der Waals surface area contributed by atoms with Gasteiger partial charge in [-0.15, -0.1) is 22.7 Å². The standard InChI is InChI=1S/C22H21F2N3S2/c1-12-5-3-2-4-6-13(12)17-9-14-16(7-8-25-22(14)29-17)27-20-15(23)10-18-21(19(20)24)26-11-28-18/h7-13H,2-6H2,1H3,(H,25,27)/t12-,13-/m1/s1. The topological polar surface area (TPSA) is 37.8 Å². The van der Waals surface area contributed by atoms with E-state index in [4.69, 9.17) is 0 Å². The van der Waals surface area contributed by atoms with Crippen molar-refractivity contribution in [3.05, 3.63) is 46.4 Å². The first-order chi connectivity index (χ1) is 14.1. The van der Waals surface area contributed by atoms with Crippen molar-refractivity contribution in [2.75, 3.05) is 5.32 Å². The number of aromatic nitrogens is 2. The first-order valence-corrected chi connectivity index (χ1v) is 11.7. The second-order valence-electron chi connectivity index (χ2n) is 7.82. The van der Waals surface area contributed by atoms with E-state index >= 15 is 0 Å². The van der Waals surface area contributed by atoms with E-state index < -0.39 is 11.6 Å². The van der Waals surface area contributed by atoms with Crippen molar-refractivity contribution in [3.63, 3.8) is 0 Å². The van der Waals surface area contributed by atoms with Gasteiger partial charge >= 0.3 is 0 Å². The highest BCUT2D eigenvalue weighted by Crippen LogP contribution is 2.43. The molecule has 29 heavy (non-hydrogen) atoms. The summed E-state index contributed by atoms with van der Waals surface area (Å²) < 4.78 is 30.0. The lowest BCUT2D eigenvalue weighted by Crippen LogP contribution is -2.06. The van der Waals surface area contributed by atoms with Gasteiger partial charge in [-0.3, -0.25) is 0 Å². The number of fused-ring (bicyclic) bond motifs is 2. The molecule has 1 aliphatic rings. The summed E-state index contributed by atoms with van der Waals surface area (Å²) in [5.74, 6) is -0.0931. The van der Waals surface area contributed by atoms with Crippen molar-refractivity contribution in [1.82, 2.24) is 9.97 Å². The monoisotopic (exact) mass is 429 g/mol. The average Bonchev–Trinajstić information content (AvgIpc) is 3.29. The summed E-state index contributed by atoms with van der Waals surface area (Å²) in [6, 6.07) is 5.28. The first-order valence-electron chi connectivity index (χ1n) is 9.98. The minimum atomic E-state index is -0.654. The van der Waals surface area contributed by atoms with Crippen LogP contribution in [0.1, 0.15) is 49.8 Å². The number of hydrogen-bond acceptors (Lipinski definition) is 5. The number of hydrogen-bond donors (Lipinski definition) is 1. The summed E-state index contributed by atoms with van der Waals surface area (Å²) in [6.45, 7) is 2.33. The van der Waals surface area contributed by atoms with Gasteiger partial charge in [0, 0.05) is 16.5 Å². The number of thiazole rings is 1. The fraction of sp³-hybridized carbons (Fsp3) is 0.364. The van der Waals surface area contributed by atoms with Crippen LogP contribution in [0.2, 0.25) is 0 Å². The number of benzene rings is 1. The zero-order valence-electron chi connectivity index (χ0n) is 16.0. The van der Waals surface area contributed by atoms with E-state index in [2.05, 4.69) is 28.3 Å². The molecule has 0 saturated heterocycles.